The van der Waals surface area contributed by atoms with Gasteiger partial charge < -0.3 is 9.47 Å². The molecule has 218 valence electrons. The summed E-state index contributed by atoms with van der Waals surface area (Å²) in [5.41, 5.74) is 1.85. The van der Waals surface area contributed by atoms with Crippen molar-refractivity contribution in [1.82, 2.24) is 15.0 Å². The minimum Gasteiger partial charge on any atom is -0.489 e. The molecule has 3 unspecified atom stereocenters. The van der Waals surface area contributed by atoms with Gasteiger partial charge in [-0.25, -0.2) is 4.68 Å². The normalized spacial score (nSPS) is 18.6. The van der Waals surface area contributed by atoms with Gasteiger partial charge in [-0.2, -0.15) is 0 Å². The third-order valence-corrected chi connectivity index (χ3v) is 9.62. The molecule has 9 heteroatoms. The van der Waals surface area contributed by atoms with Crippen molar-refractivity contribution < 1.29 is 19.1 Å². The van der Waals surface area contributed by atoms with Gasteiger partial charge in [0.2, 0.25) is 0 Å². The highest BCUT2D eigenvalue weighted by atomic mass is 28.3. The molecule has 0 spiro atoms. The second-order valence-electron chi connectivity index (χ2n) is 12.2. The first-order chi connectivity index (χ1) is 20.2. The Bertz CT molecular complexity index is 1600. The van der Waals surface area contributed by atoms with E-state index >= 15 is 0 Å². The lowest BCUT2D eigenvalue weighted by atomic mass is 9.84. The highest BCUT2D eigenvalue weighted by Crippen LogP contribution is 2.41. The SMILES string of the molecule is C[Si](C)(C)CCOC(=O)C1C(Cn2nnc3ccccc3c2=O)CCC1C(=O)c1ccc(OCc2ccccc2)cc1. The fourth-order valence-electron chi connectivity index (χ4n) is 5.53. The molecule has 0 bridgehead atoms. The van der Waals surface area contributed by atoms with Crippen LogP contribution in [-0.4, -0.2) is 41.4 Å². The van der Waals surface area contributed by atoms with Crippen molar-refractivity contribution in [1.29, 1.82) is 0 Å². The molecule has 8 nitrogen and oxygen atoms in total. The van der Waals surface area contributed by atoms with Crippen molar-refractivity contribution in [3.63, 3.8) is 0 Å². The van der Waals surface area contributed by atoms with E-state index < -0.39 is 19.9 Å². The van der Waals surface area contributed by atoms with E-state index in [4.69, 9.17) is 9.47 Å². The molecule has 0 saturated heterocycles. The van der Waals surface area contributed by atoms with Crippen LogP contribution in [0.2, 0.25) is 25.7 Å². The zero-order valence-corrected chi connectivity index (χ0v) is 25.4. The van der Waals surface area contributed by atoms with Crippen molar-refractivity contribution in [3.8, 4) is 5.75 Å². The van der Waals surface area contributed by atoms with Gasteiger partial charge in [0.05, 0.1) is 24.5 Å². The van der Waals surface area contributed by atoms with E-state index in [-0.39, 0.29) is 29.8 Å². The van der Waals surface area contributed by atoms with Gasteiger partial charge in [0.1, 0.15) is 17.9 Å². The minimum atomic E-state index is -1.42. The van der Waals surface area contributed by atoms with Crippen LogP contribution in [0.25, 0.3) is 10.9 Å². The molecule has 3 aromatic carbocycles. The molecule has 3 atom stereocenters. The molecule has 1 aliphatic carbocycles. The minimum absolute atomic E-state index is 0.101. The summed E-state index contributed by atoms with van der Waals surface area (Å²) in [6.07, 6.45) is 1.13. The van der Waals surface area contributed by atoms with Gasteiger partial charge in [-0.15, -0.1) is 5.10 Å². The van der Waals surface area contributed by atoms with E-state index in [2.05, 4.69) is 30.0 Å². The Morgan fingerprint density at radius 2 is 1.64 bits per heavy atom. The highest BCUT2D eigenvalue weighted by Gasteiger charge is 2.46. The maximum Gasteiger partial charge on any atom is 0.310 e. The summed E-state index contributed by atoms with van der Waals surface area (Å²) in [4.78, 5) is 40.5. The van der Waals surface area contributed by atoms with Gasteiger partial charge >= 0.3 is 5.97 Å². The lowest BCUT2D eigenvalue weighted by Gasteiger charge is -2.24. The largest absolute Gasteiger partial charge is 0.489 e. The molecular weight excluding hydrogens is 546 g/mol. The molecule has 1 aliphatic rings. The molecule has 1 heterocycles. The van der Waals surface area contributed by atoms with Gasteiger partial charge in [-0.3, -0.25) is 14.4 Å². The summed E-state index contributed by atoms with van der Waals surface area (Å²) in [5, 5.41) is 8.82. The number of hydrogen-bond acceptors (Lipinski definition) is 7. The molecule has 1 fully saturated rings. The summed E-state index contributed by atoms with van der Waals surface area (Å²) in [6, 6.07) is 24.9. The maximum absolute atomic E-state index is 13.8. The van der Waals surface area contributed by atoms with E-state index in [1.54, 1.807) is 42.5 Å². The lowest BCUT2D eigenvalue weighted by molar-refractivity contribution is -0.150. The summed E-state index contributed by atoms with van der Waals surface area (Å²) in [7, 11) is -1.42. The van der Waals surface area contributed by atoms with Gasteiger partial charge in [0.25, 0.3) is 5.56 Å². The monoisotopic (exact) mass is 583 g/mol. The number of carbonyl (C=O) groups is 2. The number of nitrogens with zero attached hydrogens (tertiary/aromatic N) is 3. The van der Waals surface area contributed by atoms with E-state index in [9.17, 15) is 14.4 Å². The van der Waals surface area contributed by atoms with Crippen LogP contribution >= 0.6 is 0 Å². The van der Waals surface area contributed by atoms with Gasteiger partial charge in [-0.05, 0) is 66.8 Å². The molecule has 42 heavy (non-hydrogen) atoms. The predicted molar refractivity (Wildman–Crippen MR) is 164 cm³/mol. The molecule has 0 aliphatic heterocycles. The first-order valence-corrected chi connectivity index (χ1v) is 18.2. The van der Waals surface area contributed by atoms with E-state index in [1.807, 2.05) is 36.4 Å². The Balaban J connectivity index is 1.34. The Morgan fingerprint density at radius 1 is 0.929 bits per heavy atom. The average molecular weight is 584 g/mol. The number of fused-ring (bicyclic) bond motifs is 1. The lowest BCUT2D eigenvalue weighted by Crippen LogP contribution is -2.36. The highest BCUT2D eigenvalue weighted by molar-refractivity contribution is 6.76. The first kappa shape index (κ1) is 29.4. The number of hydrogen-bond donors (Lipinski definition) is 0. The van der Waals surface area contributed by atoms with Crippen LogP contribution in [0.15, 0.2) is 83.7 Å². The predicted octanol–water partition coefficient (Wildman–Crippen LogP) is 5.78. The maximum atomic E-state index is 13.8. The Hall–Kier alpha value is -4.11. The molecule has 1 saturated carbocycles. The van der Waals surface area contributed by atoms with Crippen LogP contribution < -0.4 is 10.3 Å². The molecule has 5 rings (SSSR count). The smallest absolute Gasteiger partial charge is 0.310 e. The van der Waals surface area contributed by atoms with Crippen molar-refractivity contribution >= 4 is 30.7 Å². The third kappa shape index (κ3) is 7.02. The second-order valence-corrected chi connectivity index (χ2v) is 17.8. The van der Waals surface area contributed by atoms with Crippen LogP contribution in [0.1, 0.15) is 28.8 Å². The average Bonchev–Trinajstić information content (AvgIpc) is 3.41. The van der Waals surface area contributed by atoms with Crippen LogP contribution in [0.3, 0.4) is 0 Å². The molecule has 4 aromatic rings. The fourth-order valence-corrected chi connectivity index (χ4v) is 6.24. The van der Waals surface area contributed by atoms with Crippen molar-refractivity contribution in [2.75, 3.05) is 6.61 Å². The number of Topliss-reactive ketones (excluding diaryl/α,β-unsaturated/α-hetero) is 1. The van der Waals surface area contributed by atoms with Crippen molar-refractivity contribution in [3.05, 3.63) is 100 Å². The number of ketones is 1. The fraction of sp³-hybridized carbons (Fsp3) is 0.364. The number of ether oxygens (including phenoxy) is 2. The second kappa shape index (κ2) is 12.8. The number of aromatic nitrogens is 3. The number of rotatable bonds is 11. The Morgan fingerprint density at radius 3 is 2.38 bits per heavy atom. The number of carbonyl (C=O) groups excluding carboxylic acids is 2. The van der Waals surface area contributed by atoms with Crippen molar-refractivity contribution in [2.24, 2.45) is 17.8 Å². The Labute approximate surface area is 246 Å². The van der Waals surface area contributed by atoms with Gasteiger partial charge in [-0.1, -0.05) is 67.3 Å². The quantitative estimate of drug-likeness (QED) is 0.125. The summed E-state index contributed by atoms with van der Waals surface area (Å²) in [5.74, 6) is -1.31. The molecule has 0 amide bonds. The molecule has 0 N–H and O–H groups in total. The number of benzene rings is 3. The van der Waals surface area contributed by atoms with E-state index in [1.165, 1.54) is 4.68 Å². The van der Waals surface area contributed by atoms with Crippen LogP contribution in [0.5, 0.6) is 5.75 Å². The molecular formula is C33H37N3O5Si. The zero-order valence-electron chi connectivity index (χ0n) is 24.4. The van der Waals surface area contributed by atoms with E-state index in [0.29, 0.717) is 48.3 Å². The summed E-state index contributed by atoms with van der Waals surface area (Å²) < 4.78 is 13.0. The Kier molecular flexibility index (Phi) is 8.96. The van der Waals surface area contributed by atoms with Crippen LogP contribution in [0.4, 0.5) is 0 Å². The first-order valence-electron chi connectivity index (χ1n) is 14.5. The van der Waals surface area contributed by atoms with Crippen LogP contribution in [0, 0.1) is 17.8 Å². The van der Waals surface area contributed by atoms with Crippen LogP contribution in [-0.2, 0) is 22.7 Å². The summed E-state index contributed by atoms with van der Waals surface area (Å²) in [6.45, 7) is 7.64. The zero-order chi connectivity index (χ0) is 29.7. The summed E-state index contributed by atoms with van der Waals surface area (Å²) >= 11 is 0. The van der Waals surface area contributed by atoms with Gasteiger partial charge in [0.15, 0.2) is 5.78 Å². The van der Waals surface area contributed by atoms with Gasteiger partial charge in [0, 0.05) is 19.6 Å². The standard InChI is InChI=1S/C33H37N3O5Si/c1-42(2,3)20-19-40-33(39)30-25(21-36-32(38)27-11-7-8-12-29(27)34-35-36)15-18-28(30)31(37)24-13-16-26(17-14-24)41-22-23-9-5-4-6-10-23/h4-14,16-17,25,28,30H,15,18-22H2,1-3H3. The third-order valence-electron chi connectivity index (χ3n) is 7.92. The molecule has 0 radical (unpaired) electrons. The topological polar surface area (TPSA) is 100 Å². The number of esters is 1. The van der Waals surface area contributed by atoms with Crippen molar-refractivity contribution in [2.45, 2.75) is 51.7 Å². The molecule has 1 aromatic heterocycles. The van der Waals surface area contributed by atoms with E-state index in [0.717, 1.165) is 11.6 Å².